The van der Waals surface area contributed by atoms with E-state index in [0.29, 0.717) is 29.7 Å². The van der Waals surface area contributed by atoms with Crippen LogP contribution in [0, 0.1) is 0 Å². The Morgan fingerprint density at radius 3 is 2.86 bits per heavy atom. The van der Waals surface area contributed by atoms with Crippen LogP contribution in [0.25, 0.3) is 10.9 Å². The molecule has 0 aliphatic heterocycles. The van der Waals surface area contributed by atoms with Crippen molar-refractivity contribution in [3.63, 3.8) is 0 Å². The van der Waals surface area contributed by atoms with Gasteiger partial charge in [0.1, 0.15) is 5.82 Å². The van der Waals surface area contributed by atoms with Crippen molar-refractivity contribution in [1.29, 1.82) is 0 Å². The summed E-state index contributed by atoms with van der Waals surface area (Å²) in [7, 11) is 0. The molecule has 0 spiro atoms. The summed E-state index contributed by atoms with van der Waals surface area (Å²) in [6.45, 7) is 2.38. The van der Waals surface area contributed by atoms with E-state index in [-0.39, 0.29) is 10.9 Å². The molecule has 0 amide bonds. The van der Waals surface area contributed by atoms with Crippen LogP contribution < -0.4 is 5.56 Å². The van der Waals surface area contributed by atoms with Gasteiger partial charge in [0.2, 0.25) is 0 Å². The van der Waals surface area contributed by atoms with Crippen LogP contribution in [0.2, 0.25) is 0 Å². The molecule has 1 atom stereocenters. The number of fused-ring (bicyclic) bond motifs is 1. The maximum atomic E-state index is 12.7. The van der Waals surface area contributed by atoms with Gasteiger partial charge in [-0.2, -0.15) is 0 Å². The lowest BCUT2D eigenvalue weighted by molar-refractivity contribution is 0.559. The molecule has 1 unspecified atom stereocenters. The molecule has 2 aromatic heterocycles. The third-order valence-corrected chi connectivity index (χ3v) is 3.95. The number of alkyl halides is 1. The Hall–Kier alpha value is -2.07. The second-order valence-corrected chi connectivity index (χ2v) is 5.41. The monoisotopic (exact) mass is 302 g/mol. The van der Waals surface area contributed by atoms with E-state index in [9.17, 15) is 4.79 Å². The van der Waals surface area contributed by atoms with E-state index >= 15 is 0 Å². The van der Waals surface area contributed by atoms with Gasteiger partial charge in [0.25, 0.3) is 5.56 Å². The van der Waals surface area contributed by atoms with E-state index in [0.717, 1.165) is 5.56 Å². The smallest absolute Gasteiger partial charge is 0.261 e. The Morgan fingerprint density at radius 2 is 2.14 bits per heavy atom. The fourth-order valence-electron chi connectivity index (χ4n) is 2.32. The molecule has 21 heavy (non-hydrogen) atoms. The van der Waals surface area contributed by atoms with E-state index in [1.807, 2.05) is 31.2 Å². The third-order valence-electron chi connectivity index (χ3n) is 3.45. The fraction of sp³-hybridized carbons (Fsp3) is 0.250. The summed E-state index contributed by atoms with van der Waals surface area (Å²) in [5, 5.41) is 0.305. The largest absolute Gasteiger partial charge is 0.472 e. The van der Waals surface area contributed by atoms with Gasteiger partial charge in [0.15, 0.2) is 0 Å². The second-order valence-electron chi connectivity index (χ2n) is 4.89. The number of rotatable bonds is 4. The van der Waals surface area contributed by atoms with Gasteiger partial charge in [0.05, 0.1) is 35.4 Å². The van der Waals surface area contributed by atoms with E-state index in [2.05, 4.69) is 4.98 Å². The Kier molecular flexibility index (Phi) is 3.80. The molecule has 0 saturated carbocycles. The number of hydrogen-bond acceptors (Lipinski definition) is 3. The predicted octanol–water partition coefficient (Wildman–Crippen LogP) is 3.73. The SMILES string of the molecule is CCC(Cl)c1nc2ccccc2c(=O)n1Cc1ccoc1. The van der Waals surface area contributed by atoms with Crippen molar-refractivity contribution in [2.45, 2.75) is 25.3 Å². The first-order valence-electron chi connectivity index (χ1n) is 6.85. The zero-order valence-electron chi connectivity index (χ0n) is 11.6. The minimum atomic E-state index is -0.297. The van der Waals surface area contributed by atoms with Crippen LogP contribution in [0.1, 0.15) is 30.1 Å². The third kappa shape index (κ3) is 2.59. The molecule has 5 heteroatoms. The molecule has 0 radical (unpaired) electrons. The Labute approximate surface area is 127 Å². The van der Waals surface area contributed by atoms with Gasteiger partial charge in [-0.1, -0.05) is 19.1 Å². The summed E-state index contributed by atoms with van der Waals surface area (Å²) < 4.78 is 6.71. The number of para-hydroxylation sites is 1. The van der Waals surface area contributed by atoms with Crippen LogP contribution in [0.5, 0.6) is 0 Å². The summed E-state index contributed by atoms with van der Waals surface area (Å²) in [6, 6.07) is 9.16. The first-order valence-corrected chi connectivity index (χ1v) is 7.29. The minimum absolute atomic E-state index is 0.0732. The second kappa shape index (κ2) is 5.74. The average Bonchev–Trinajstić information content (AvgIpc) is 3.02. The molecular weight excluding hydrogens is 288 g/mol. The van der Waals surface area contributed by atoms with E-state index in [1.54, 1.807) is 23.2 Å². The van der Waals surface area contributed by atoms with Crippen LogP contribution >= 0.6 is 11.6 Å². The molecule has 0 fully saturated rings. The van der Waals surface area contributed by atoms with Gasteiger partial charge in [-0.25, -0.2) is 4.98 Å². The lowest BCUT2D eigenvalue weighted by Crippen LogP contribution is -2.26. The molecule has 0 bridgehead atoms. The topological polar surface area (TPSA) is 48.0 Å². The Morgan fingerprint density at radius 1 is 1.33 bits per heavy atom. The zero-order valence-corrected chi connectivity index (χ0v) is 12.4. The predicted molar refractivity (Wildman–Crippen MR) is 82.7 cm³/mol. The van der Waals surface area contributed by atoms with Crippen LogP contribution in [-0.2, 0) is 6.54 Å². The highest BCUT2D eigenvalue weighted by Crippen LogP contribution is 2.23. The molecule has 4 nitrogen and oxygen atoms in total. The van der Waals surface area contributed by atoms with E-state index in [4.69, 9.17) is 16.0 Å². The maximum absolute atomic E-state index is 12.7. The summed E-state index contributed by atoms with van der Waals surface area (Å²) in [5.74, 6) is 0.601. The Bertz CT molecular complexity index is 809. The number of nitrogens with zero attached hydrogens (tertiary/aromatic N) is 2. The van der Waals surface area contributed by atoms with E-state index < -0.39 is 0 Å². The first kappa shape index (κ1) is 13.9. The molecule has 0 saturated heterocycles. The zero-order chi connectivity index (χ0) is 14.8. The average molecular weight is 303 g/mol. The summed E-state index contributed by atoms with van der Waals surface area (Å²) in [4.78, 5) is 17.3. The number of furan rings is 1. The van der Waals surface area contributed by atoms with Crippen LogP contribution in [0.15, 0.2) is 52.1 Å². The summed E-state index contributed by atoms with van der Waals surface area (Å²) in [6.07, 6.45) is 3.92. The lowest BCUT2D eigenvalue weighted by Gasteiger charge is -2.15. The van der Waals surface area contributed by atoms with Gasteiger partial charge in [-0.3, -0.25) is 9.36 Å². The number of benzene rings is 1. The number of aromatic nitrogens is 2. The minimum Gasteiger partial charge on any atom is -0.472 e. The molecule has 108 valence electrons. The Balaban J connectivity index is 2.23. The highest BCUT2D eigenvalue weighted by atomic mass is 35.5. The van der Waals surface area contributed by atoms with Gasteiger partial charge in [-0.05, 0) is 24.6 Å². The summed E-state index contributed by atoms with van der Waals surface area (Å²) >= 11 is 6.36. The van der Waals surface area contributed by atoms with Gasteiger partial charge in [0, 0.05) is 5.56 Å². The van der Waals surface area contributed by atoms with Crippen molar-refractivity contribution in [1.82, 2.24) is 9.55 Å². The lowest BCUT2D eigenvalue weighted by atomic mass is 10.2. The van der Waals surface area contributed by atoms with Crippen LogP contribution in [0.4, 0.5) is 0 Å². The van der Waals surface area contributed by atoms with Crippen LogP contribution in [0.3, 0.4) is 0 Å². The molecule has 3 aromatic rings. The van der Waals surface area contributed by atoms with Crippen molar-refractivity contribution in [2.24, 2.45) is 0 Å². The molecule has 2 heterocycles. The fourth-order valence-corrected chi connectivity index (χ4v) is 2.49. The van der Waals surface area contributed by atoms with Crippen molar-refractivity contribution < 1.29 is 4.42 Å². The molecule has 1 aromatic carbocycles. The molecule has 0 aliphatic rings. The molecular formula is C16H15ClN2O2. The number of hydrogen-bond donors (Lipinski definition) is 0. The van der Waals surface area contributed by atoms with Gasteiger partial charge >= 0.3 is 0 Å². The van der Waals surface area contributed by atoms with Gasteiger partial charge in [-0.15, -0.1) is 11.6 Å². The first-order chi connectivity index (χ1) is 10.2. The van der Waals surface area contributed by atoms with Crippen molar-refractivity contribution in [3.8, 4) is 0 Å². The highest BCUT2D eigenvalue weighted by molar-refractivity contribution is 6.20. The summed E-state index contributed by atoms with van der Waals surface area (Å²) in [5.41, 5.74) is 1.52. The van der Waals surface area contributed by atoms with E-state index in [1.165, 1.54) is 0 Å². The van der Waals surface area contributed by atoms with Crippen molar-refractivity contribution in [2.75, 3.05) is 0 Å². The quantitative estimate of drug-likeness (QED) is 0.690. The van der Waals surface area contributed by atoms with Crippen molar-refractivity contribution >= 4 is 22.5 Å². The molecule has 3 rings (SSSR count). The van der Waals surface area contributed by atoms with Crippen LogP contribution in [-0.4, -0.2) is 9.55 Å². The standard InChI is InChI=1S/C16H15ClN2O2/c1-2-13(17)15-18-14-6-4-3-5-12(14)16(20)19(15)9-11-7-8-21-10-11/h3-8,10,13H,2,9H2,1H3. The van der Waals surface area contributed by atoms with Crippen molar-refractivity contribution in [3.05, 3.63) is 64.6 Å². The normalized spacial score (nSPS) is 12.7. The maximum Gasteiger partial charge on any atom is 0.261 e. The van der Waals surface area contributed by atoms with Gasteiger partial charge < -0.3 is 4.42 Å². The number of halogens is 1. The molecule has 0 aliphatic carbocycles. The highest BCUT2D eigenvalue weighted by Gasteiger charge is 2.17. The molecule has 0 N–H and O–H groups in total.